The van der Waals surface area contributed by atoms with Gasteiger partial charge in [0, 0.05) is 22.7 Å². The predicted molar refractivity (Wildman–Crippen MR) is 88.3 cm³/mol. The number of rotatable bonds is 1. The molecule has 2 heterocycles. The maximum absolute atomic E-state index is 12.8. The van der Waals surface area contributed by atoms with Crippen molar-refractivity contribution in [3.8, 4) is 0 Å². The van der Waals surface area contributed by atoms with E-state index in [1.165, 1.54) is 11.8 Å². The number of para-hydroxylation sites is 1. The van der Waals surface area contributed by atoms with Crippen molar-refractivity contribution in [2.24, 2.45) is 0 Å². The number of hydrogen-bond donors (Lipinski definition) is 1. The Morgan fingerprint density at radius 3 is 2.77 bits per heavy atom. The molecule has 2 amide bonds. The molecule has 2 aliphatic rings. The van der Waals surface area contributed by atoms with Crippen molar-refractivity contribution < 1.29 is 9.59 Å². The van der Waals surface area contributed by atoms with Crippen molar-refractivity contribution in [1.82, 2.24) is 0 Å². The summed E-state index contributed by atoms with van der Waals surface area (Å²) in [4.78, 5) is 26.9. The maximum Gasteiger partial charge on any atom is 0.287 e. The monoisotopic (exact) mass is 310 g/mol. The molecule has 0 bridgehead atoms. The highest BCUT2D eigenvalue weighted by molar-refractivity contribution is 8.14. The molecule has 0 aromatic heterocycles. The summed E-state index contributed by atoms with van der Waals surface area (Å²) in [6.45, 7) is 1.98. The van der Waals surface area contributed by atoms with E-state index in [9.17, 15) is 9.59 Å². The standard InChI is InChI=1S/C17H14N2O2S/c1-11-5-4-6-12(9-11)19-16(21)22-10-17(19)13-7-2-3-8-14(13)18-15(17)20/h2-9H,10H2,1H3,(H,18,20). The van der Waals surface area contributed by atoms with Crippen molar-refractivity contribution in [3.05, 3.63) is 59.7 Å². The van der Waals surface area contributed by atoms with Gasteiger partial charge in [-0.3, -0.25) is 14.5 Å². The van der Waals surface area contributed by atoms with E-state index in [4.69, 9.17) is 0 Å². The molecule has 1 N–H and O–H groups in total. The second-order valence-electron chi connectivity index (χ2n) is 5.59. The summed E-state index contributed by atoms with van der Waals surface area (Å²) in [5.74, 6) is 0.302. The van der Waals surface area contributed by atoms with Gasteiger partial charge in [0.25, 0.3) is 11.1 Å². The van der Waals surface area contributed by atoms with E-state index < -0.39 is 5.54 Å². The fourth-order valence-electron chi connectivity index (χ4n) is 3.21. The van der Waals surface area contributed by atoms with E-state index in [1.807, 2.05) is 55.5 Å². The summed E-state index contributed by atoms with van der Waals surface area (Å²) >= 11 is 1.20. The van der Waals surface area contributed by atoms with Gasteiger partial charge in [0.1, 0.15) is 0 Å². The van der Waals surface area contributed by atoms with E-state index in [0.29, 0.717) is 5.75 Å². The molecule has 4 nitrogen and oxygen atoms in total. The molecule has 1 unspecified atom stereocenters. The second kappa shape index (κ2) is 4.61. The van der Waals surface area contributed by atoms with Crippen molar-refractivity contribution in [2.75, 3.05) is 16.0 Å². The van der Waals surface area contributed by atoms with E-state index >= 15 is 0 Å². The van der Waals surface area contributed by atoms with Crippen LogP contribution in [-0.2, 0) is 10.3 Å². The largest absolute Gasteiger partial charge is 0.323 e. The SMILES string of the molecule is Cc1cccc(N2C(=O)SCC23C(=O)Nc2ccccc23)c1. The van der Waals surface area contributed by atoms with Gasteiger partial charge in [0.05, 0.1) is 0 Å². The first-order valence-corrected chi connectivity index (χ1v) is 8.06. The molecule has 1 atom stereocenters. The van der Waals surface area contributed by atoms with Gasteiger partial charge in [0.2, 0.25) is 0 Å². The zero-order chi connectivity index (χ0) is 15.3. The lowest BCUT2D eigenvalue weighted by atomic mass is 9.91. The van der Waals surface area contributed by atoms with Gasteiger partial charge in [0.15, 0.2) is 5.54 Å². The highest BCUT2D eigenvalue weighted by atomic mass is 32.2. The zero-order valence-corrected chi connectivity index (χ0v) is 12.8. The van der Waals surface area contributed by atoms with Crippen LogP contribution in [0.1, 0.15) is 11.1 Å². The van der Waals surface area contributed by atoms with Crippen LogP contribution in [0.5, 0.6) is 0 Å². The fraction of sp³-hybridized carbons (Fsp3) is 0.176. The molecule has 4 rings (SSSR count). The molecule has 22 heavy (non-hydrogen) atoms. The molecule has 2 aromatic rings. The predicted octanol–water partition coefficient (Wildman–Crippen LogP) is 3.52. The summed E-state index contributed by atoms with van der Waals surface area (Å²) < 4.78 is 0. The molecule has 1 fully saturated rings. The van der Waals surface area contributed by atoms with Crippen molar-refractivity contribution in [3.63, 3.8) is 0 Å². The van der Waals surface area contributed by atoms with Gasteiger partial charge >= 0.3 is 0 Å². The smallest absolute Gasteiger partial charge is 0.287 e. The van der Waals surface area contributed by atoms with Crippen LogP contribution in [0.3, 0.4) is 0 Å². The van der Waals surface area contributed by atoms with Crippen LogP contribution in [0, 0.1) is 6.92 Å². The highest BCUT2D eigenvalue weighted by Crippen LogP contribution is 2.49. The van der Waals surface area contributed by atoms with Gasteiger partial charge in [-0.15, -0.1) is 0 Å². The fourth-order valence-corrected chi connectivity index (χ4v) is 4.35. The highest BCUT2D eigenvalue weighted by Gasteiger charge is 2.57. The van der Waals surface area contributed by atoms with E-state index in [0.717, 1.165) is 22.5 Å². The van der Waals surface area contributed by atoms with Crippen molar-refractivity contribution in [2.45, 2.75) is 12.5 Å². The first kappa shape index (κ1) is 13.4. The van der Waals surface area contributed by atoms with Crippen LogP contribution in [0.4, 0.5) is 16.2 Å². The normalized spacial score (nSPS) is 23.0. The number of benzene rings is 2. The van der Waals surface area contributed by atoms with Gasteiger partial charge < -0.3 is 5.32 Å². The maximum atomic E-state index is 12.8. The van der Waals surface area contributed by atoms with Crippen molar-refractivity contribution in [1.29, 1.82) is 0 Å². The minimum absolute atomic E-state index is 0.0857. The Bertz CT molecular complexity index is 805. The van der Waals surface area contributed by atoms with Crippen LogP contribution in [0.25, 0.3) is 0 Å². The van der Waals surface area contributed by atoms with Crippen LogP contribution in [0.2, 0.25) is 0 Å². The number of thioether (sulfide) groups is 1. The topological polar surface area (TPSA) is 49.4 Å². The lowest BCUT2D eigenvalue weighted by Gasteiger charge is -2.32. The van der Waals surface area contributed by atoms with Gasteiger partial charge in [-0.25, -0.2) is 0 Å². The number of aryl methyl sites for hydroxylation is 1. The number of carbonyl (C=O) groups is 2. The summed E-state index contributed by atoms with van der Waals surface area (Å²) in [6.07, 6.45) is 0. The summed E-state index contributed by atoms with van der Waals surface area (Å²) in [7, 11) is 0. The van der Waals surface area contributed by atoms with E-state index in [-0.39, 0.29) is 11.1 Å². The quantitative estimate of drug-likeness (QED) is 0.877. The van der Waals surface area contributed by atoms with Gasteiger partial charge in [-0.05, 0) is 30.7 Å². The summed E-state index contributed by atoms with van der Waals surface area (Å²) in [6, 6.07) is 15.3. The van der Waals surface area contributed by atoms with Crippen LogP contribution < -0.4 is 10.2 Å². The molecule has 2 aromatic carbocycles. The van der Waals surface area contributed by atoms with Crippen LogP contribution in [-0.4, -0.2) is 16.9 Å². The number of fused-ring (bicyclic) bond motifs is 2. The van der Waals surface area contributed by atoms with Crippen LogP contribution in [0.15, 0.2) is 48.5 Å². The number of anilines is 2. The first-order chi connectivity index (χ1) is 10.6. The third-order valence-electron chi connectivity index (χ3n) is 4.23. The molecule has 1 spiro atoms. The number of nitrogens with one attached hydrogen (secondary N) is 1. The zero-order valence-electron chi connectivity index (χ0n) is 12.0. The Hall–Kier alpha value is -2.27. The molecule has 2 aliphatic heterocycles. The molecule has 1 saturated heterocycles. The van der Waals surface area contributed by atoms with Crippen LogP contribution >= 0.6 is 11.8 Å². The van der Waals surface area contributed by atoms with Crippen molar-refractivity contribution >= 4 is 34.3 Å². The molecule has 110 valence electrons. The minimum Gasteiger partial charge on any atom is -0.323 e. The molecule has 0 aliphatic carbocycles. The van der Waals surface area contributed by atoms with E-state index in [2.05, 4.69) is 5.32 Å². The average molecular weight is 310 g/mol. The number of carbonyl (C=O) groups excluding carboxylic acids is 2. The summed E-state index contributed by atoms with van der Waals surface area (Å²) in [5.41, 5.74) is 2.55. The lowest BCUT2D eigenvalue weighted by Crippen LogP contribution is -2.50. The van der Waals surface area contributed by atoms with Gasteiger partial charge in [-0.1, -0.05) is 42.1 Å². The number of nitrogens with zero attached hydrogens (tertiary/aromatic N) is 1. The first-order valence-electron chi connectivity index (χ1n) is 7.07. The lowest BCUT2D eigenvalue weighted by molar-refractivity contribution is -0.119. The Morgan fingerprint density at radius 2 is 1.95 bits per heavy atom. The Morgan fingerprint density at radius 1 is 1.14 bits per heavy atom. The Kier molecular flexibility index (Phi) is 2.81. The van der Waals surface area contributed by atoms with Gasteiger partial charge in [-0.2, -0.15) is 0 Å². The Balaban J connectivity index is 1.94. The molecule has 5 heteroatoms. The third-order valence-corrected chi connectivity index (χ3v) is 5.22. The van der Waals surface area contributed by atoms with E-state index in [1.54, 1.807) is 4.90 Å². The Labute approximate surface area is 132 Å². The summed E-state index contributed by atoms with van der Waals surface area (Å²) in [5, 5.41) is 2.83. The molecule has 0 radical (unpaired) electrons. The minimum atomic E-state index is -0.938. The molecular weight excluding hydrogens is 296 g/mol. The second-order valence-corrected chi connectivity index (χ2v) is 6.52. The average Bonchev–Trinajstić information content (AvgIpc) is 2.99. The molecule has 0 saturated carbocycles. The third kappa shape index (κ3) is 1.66. The molecular formula is C17H14N2O2S. The number of hydrogen-bond acceptors (Lipinski definition) is 3. The number of amides is 2.